The molecule has 24 heavy (non-hydrogen) atoms. The van der Waals surface area contributed by atoms with Crippen LogP contribution in [0.5, 0.6) is 0 Å². The van der Waals surface area contributed by atoms with Gasteiger partial charge in [0.15, 0.2) is 0 Å². The van der Waals surface area contributed by atoms with Crippen LogP contribution in [0.2, 0.25) is 0 Å². The monoisotopic (exact) mass is 331 g/mol. The van der Waals surface area contributed by atoms with Crippen molar-refractivity contribution in [2.75, 3.05) is 29.9 Å². The fraction of sp³-hybridized carbons (Fsp3) is 0.368. The Hall–Kier alpha value is -2.43. The van der Waals surface area contributed by atoms with E-state index in [1.165, 1.54) is 12.5 Å². The smallest absolute Gasteiger partial charge is 0.250 e. The van der Waals surface area contributed by atoms with Crippen LogP contribution in [0.1, 0.15) is 20.8 Å². The van der Waals surface area contributed by atoms with Gasteiger partial charge in [-0.25, -0.2) is 4.98 Å². The molecule has 0 N–H and O–H groups in total. The molecule has 1 atom stereocenters. The second-order valence-electron chi connectivity index (χ2n) is 5.98. The number of halogens is 1. The van der Waals surface area contributed by atoms with Crippen molar-refractivity contribution < 1.29 is 9.50 Å². The molecule has 0 bridgehead atoms. The minimum atomic E-state index is -0.109. The number of anilines is 2. The highest BCUT2D eigenvalue weighted by Crippen LogP contribution is 2.31. The molecule has 1 fully saturated rings. The van der Waals surface area contributed by atoms with Crippen LogP contribution < -0.4 is 9.80 Å². The van der Waals surface area contributed by atoms with Crippen LogP contribution in [-0.4, -0.2) is 31.0 Å². The van der Waals surface area contributed by atoms with Gasteiger partial charge in [0.05, 0.1) is 0 Å². The summed E-state index contributed by atoms with van der Waals surface area (Å²) in [6, 6.07) is 8.05. The highest BCUT2D eigenvalue weighted by Gasteiger charge is 2.21. The van der Waals surface area contributed by atoms with Gasteiger partial charge in [0.25, 0.3) is 0 Å². The molecule has 1 aromatic heterocycles. The summed E-state index contributed by atoms with van der Waals surface area (Å²) in [5.41, 5.74) is 0.865. The van der Waals surface area contributed by atoms with E-state index >= 15 is 0 Å². The molecule has 4 nitrogen and oxygen atoms in total. The van der Waals surface area contributed by atoms with Crippen LogP contribution in [0.15, 0.2) is 43.1 Å². The molecule has 3 rings (SSSR count). The normalized spacial score (nSPS) is 16.2. The third-order valence-electron chi connectivity index (χ3n) is 4.34. The average molecular weight is 331 g/mol. The molecule has 1 aliphatic rings. The predicted molar refractivity (Wildman–Crippen MR) is 101 cm³/mol. The van der Waals surface area contributed by atoms with Crippen LogP contribution in [0.25, 0.3) is 10.8 Å². The molecule has 2 heterocycles. The second-order valence-corrected chi connectivity index (χ2v) is 5.98. The molecule has 1 saturated heterocycles. The summed E-state index contributed by atoms with van der Waals surface area (Å²) < 4.78 is 0. The Labute approximate surface area is 143 Å². The minimum Gasteiger partial charge on any atom is -0.356 e. The molecular formula is C19H26FN3O. The van der Waals surface area contributed by atoms with Gasteiger partial charge in [-0.1, -0.05) is 20.9 Å². The average Bonchev–Trinajstić information content (AvgIpc) is 2.98. The van der Waals surface area contributed by atoms with E-state index in [1.54, 1.807) is 11.9 Å². The number of pyridine rings is 1. The first kappa shape index (κ1) is 19.6. The second kappa shape index (κ2) is 7.90. The van der Waals surface area contributed by atoms with Crippen molar-refractivity contribution in [1.82, 2.24) is 4.98 Å². The van der Waals surface area contributed by atoms with Crippen LogP contribution in [0.4, 0.5) is 16.2 Å². The zero-order chi connectivity index (χ0) is 15.7. The van der Waals surface area contributed by atoms with E-state index in [1.807, 2.05) is 24.4 Å². The maximum Gasteiger partial charge on any atom is 0.250 e. The third-order valence-corrected chi connectivity index (χ3v) is 4.34. The van der Waals surface area contributed by atoms with Gasteiger partial charge in [0.1, 0.15) is 5.82 Å². The number of amides is 1. The maximum absolute atomic E-state index is 11.7. The van der Waals surface area contributed by atoms with Crippen LogP contribution >= 0.6 is 0 Å². The number of hydrogen-bond acceptors (Lipinski definition) is 3. The van der Waals surface area contributed by atoms with Crippen LogP contribution in [-0.2, 0) is 4.79 Å². The zero-order valence-corrected chi connectivity index (χ0v) is 13.5. The first-order valence-electron chi connectivity index (χ1n) is 7.64. The molecule has 0 aliphatic carbocycles. The highest BCUT2D eigenvalue weighted by atomic mass is 19.0. The summed E-state index contributed by atoms with van der Waals surface area (Å²) >= 11 is 0. The van der Waals surface area contributed by atoms with Crippen molar-refractivity contribution in [3.63, 3.8) is 0 Å². The molecule has 0 radical (unpaired) electrons. The fourth-order valence-electron chi connectivity index (χ4n) is 3.00. The summed E-state index contributed by atoms with van der Waals surface area (Å²) in [6.07, 6.45) is 4.39. The van der Waals surface area contributed by atoms with Gasteiger partial charge in [-0.05, 0) is 48.1 Å². The lowest BCUT2D eigenvalue weighted by Gasteiger charge is -2.20. The van der Waals surface area contributed by atoms with E-state index in [-0.39, 0.29) is 18.0 Å². The molecule has 5 heteroatoms. The Morgan fingerprint density at radius 2 is 2.17 bits per heavy atom. The molecule has 2 aromatic rings. The molecular weight excluding hydrogens is 305 g/mol. The Kier molecular flexibility index (Phi) is 6.46. The molecule has 1 unspecified atom stereocenters. The lowest BCUT2D eigenvalue weighted by molar-refractivity contribution is -0.113. The van der Waals surface area contributed by atoms with E-state index in [9.17, 15) is 4.79 Å². The number of hydrogen-bond donors (Lipinski definition) is 0. The molecule has 130 valence electrons. The van der Waals surface area contributed by atoms with E-state index in [0.29, 0.717) is 5.92 Å². The van der Waals surface area contributed by atoms with Gasteiger partial charge in [0.2, 0.25) is 5.91 Å². The van der Waals surface area contributed by atoms with Gasteiger partial charge >= 0.3 is 0 Å². The summed E-state index contributed by atoms with van der Waals surface area (Å²) in [5.74, 6) is 1.65. The van der Waals surface area contributed by atoms with Gasteiger partial charge in [0, 0.05) is 37.4 Å². The SMILES string of the molecule is C.C=CC(=O)N(C)c1ccc2c(N3CCC(C)C3)nccc2c1.F. The highest BCUT2D eigenvalue weighted by molar-refractivity contribution is 6.03. The molecule has 0 spiro atoms. The molecule has 1 aromatic carbocycles. The van der Waals surface area contributed by atoms with Gasteiger partial charge in [-0.3, -0.25) is 9.50 Å². The number of carbonyl (C=O) groups is 1. The Morgan fingerprint density at radius 1 is 1.42 bits per heavy atom. The Morgan fingerprint density at radius 3 is 2.79 bits per heavy atom. The number of nitrogens with zero attached hydrogens (tertiary/aromatic N) is 3. The molecule has 1 amide bonds. The van der Waals surface area contributed by atoms with Gasteiger partial charge in [-0.15, -0.1) is 0 Å². The van der Waals surface area contributed by atoms with E-state index in [2.05, 4.69) is 29.5 Å². The van der Waals surface area contributed by atoms with Crippen molar-refractivity contribution in [3.05, 3.63) is 43.1 Å². The largest absolute Gasteiger partial charge is 0.356 e. The summed E-state index contributed by atoms with van der Waals surface area (Å²) in [6.45, 7) is 7.93. The molecule has 0 saturated carbocycles. The van der Waals surface area contributed by atoms with E-state index in [4.69, 9.17) is 0 Å². The first-order valence-corrected chi connectivity index (χ1v) is 7.64. The summed E-state index contributed by atoms with van der Waals surface area (Å²) in [7, 11) is 1.76. The van der Waals surface area contributed by atoms with Gasteiger partial charge < -0.3 is 9.80 Å². The third kappa shape index (κ3) is 3.55. The lowest BCUT2D eigenvalue weighted by atomic mass is 10.1. The number of fused-ring (bicyclic) bond motifs is 1. The van der Waals surface area contributed by atoms with Crippen LogP contribution in [0, 0.1) is 5.92 Å². The Bertz CT molecular complexity index is 732. The quantitative estimate of drug-likeness (QED) is 0.797. The zero-order valence-electron chi connectivity index (χ0n) is 13.5. The Balaban J connectivity index is 0.00000144. The number of likely N-dealkylation sites (N-methyl/N-ethyl adjacent to an activating group) is 1. The van der Waals surface area contributed by atoms with Crippen molar-refractivity contribution in [1.29, 1.82) is 0 Å². The van der Waals surface area contributed by atoms with Crippen LogP contribution in [0.3, 0.4) is 0 Å². The first-order chi connectivity index (χ1) is 10.6. The summed E-state index contributed by atoms with van der Waals surface area (Å²) in [4.78, 5) is 20.3. The molecule has 1 aliphatic heterocycles. The van der Waals surface area contributed by atoms with E-state index < -0.39 is 0 Å². The van der Waals surface area contributed by atoms with Crippen molar-refractivity contribution >= 4 is 28.2 Å². The van der Waals surface area contributed by atoms with Crippen molar-refractivity contribution in [3.8, 4) is 0 Å². The van der Waals surface area contributed by atoms with Crippen molar-refractivity contribution in [2.24, 2.45) is 5.92 Å². The van der Waals surface area contributed by atoms with Crippen molar-refractivity contribution in [2.45, 2.75) is 20.8 Å². The number of carbonyl (C=O) groups excluding carboxylic acids is 1. The number of benzene rings is 1. The van der Waals surface area contributed by atoms with E-state index in [0.717, 1.165) is 35.4 Å². The van der Waals surface area contributed by atoms with Gasteiger partial charge in [-0.2, -0.15) is 0 Å². The maximum atomic E-state index is 11.7. The lowest BCUT2D eigenvalue weighted by Crippen LogP contribution is -2.23. The fourth-order valence-corrected chi connectivity index (χ4v) is 3.00. The number of aromatic nitrogens is 1. The standard InChI is InChI=1S/C18H21N3O.CH4.FH/c1-4-17(22)20(3)15-5-6-16-14(11-15)7-9-19-18(16)21-10-8-13(2)12-21;;/h4-7,9,11,13H,1,8,10,12H2,2-3H3;1H4;1H. The minimum absolute atomic E-state index is 0. The number of rotatable bonds is 3. The summed E-state index contributed by atoms with van der Waals surface area (Å²) in [5, 5.41) is 2.24. The predicted octanol–water partition coefficient (Wildman–Crippen LogP) is 4.02. The topological polar surface area (TPSA) is 36.4 Å².